The molecule has 2 nitrogen and oxygen atoms in total. The van der Waals surface area contributed by atoms with Gasteiger partial charge in [-0.15, -0.1) is 0 Å². The largest absolute Gasteiger partial charge is 0.495 e. The summed E-state index contributed by atoms with van der Waals surface area (Å²) in [6.45, 7) is 10.5. The molecule has 0 amide bonds. The summed E-state index contributed by atoms with van der Waals surface area (Å²) < 4.78 is 12.7. The Morgan fingerprint density at radius 1 is 0.500 bits per heavy atom. The quantitative estimate of drug-likeness (QED) is 0.306. The summed E-state index contributed by atoms with van der Waals surface area (Å²) >= 11 is 0. The average Bonchev–Trinajstić information content (AvgIpc) is 3.06. The van der Waals surface area contributed by atoms with Crippen LogP contribution in [0, 0.1) is 6.92 Å². The van der Waals surface area contributed by atoms with E-state index in [0.717, 1.165) is 11.0 Å². The molecular formula is C31H31BO2. The molecule has 0 unspecified atom stereocenters. The van der Waals surface area contributed by atoms with Crippen molar-refractivity contribution in [1.29, 1.82) is 0 Å². The summed E-state index contributed by atoms with van der Waals surface area (Å²) in [4.78, 5) is 0. The third kappa shape index (κ3) is 4.22. The van der Waals surface area contributed by atoms with Gasteiger partial charge in [-0.2, -0.15) is 0 Å². The second-order valence-electron chi connectivity index (χ2n) is 10.2. The number of benzene rings is 4. The third-order valence-electron chi connectivity index (χ3n) is 7.31. The van der Waals surface area contributed by atoms with Crippen molar-refractivity contribution in [3.05, 3.63) is 103 Å². The molecule has 1 saturated heterocycles. The Labute approximate surface area is 203 Å². The van der Waals surface area contributed by atoms with Crippen LogP contribution in [0.15, 0.2) is 97.1 Å². The van der Waals surface area contributed by atoms with Gasteiger partial charge in [0.2, 0.25) is 0 Å². The molecule has 34 heavy (non-hydrogen) atoms. The fourth-order valence-corrected chi connectivity index (χ4v) is 4.41. The van der Waals surface area contributed by atoms with E-state index in [-0.39, 0.29) is 18.3 Å². The maximum Gasteiger partial charge on any atom is 0.495 e. The van der Waals surface area contributed by atoms with Crippen molar-refractivity contribution >= 4 is 12.6 Å². The van der Waals surface area contributed by atoms with E-state index in [9.17, 15) is 0 Å². The highest BCUT2D eigenvalue weighted by molar-refractivity contribution is 6.62. The highest BCUT2D eigenvalue weighted by Crippen LogP contribution is 2.37. The van der Waals surface area contributed by atoms with Gasteiger partial charge in [0.25, 0.3) is 0 Å². The summed E-state index contributed by atoms with van der Waals surface area (Å²) in [6.07, 6.45) is 0. The predicted octanol–water partition coefficient (Wildman–Crippen LogP) is 7.30. The van der Waals surface area contributed by atoms with Gasteiger partial charge < -0.3 is 9.31 Å². The summed E-state index contributed by atoms with van der Waals surface area (Å²) in [5.74, 6) is 0. The highest BCUT2D eigenvalue weighted by atomic mass is 16.7. The molecule has 170 valence electrons. The lowest BCUT2D eigenvalue weighted by Gasteiger charge is -2.32. The second kappa shape index (κ2) is 8.58. The Morgan fingerprint density at radius 3 is 1.56 bits per heavy atom. The zero-order chi connectivity index (χ0) is 23.9. The molecule has 0 aromatic heterocycles. The summed E-state index contributed by atoms with van der Waals surface area (Å²) in [7, 11) is -0.362. The van der Waals surface area contributed by atoms with E-state index in [0.29, 0.717) is 0 Å². The van der Waals surface area contributed by atoms with Gasteiger partial charge in [-0.05, 0) is 79.5 Å². The molecule has 3 heteroatoms. The van der Waals surface area contributed by atoms with E-state index in [1.165, 1.54) is 33.4 Å². The molecule has 4 aromatic carbocycles. The van der Waals surface area contributed by atoms with Crippen LogP contribution >= 0.6 is 0 Å². The van der Waals surface area contributed by atoms with Gasteiger partial charge in [0.05, 0.1) is 11.2 Å². The van der Waals surface area contributed by atoms with Gasteiger partial charge in [-0.3, -0.25) is 0 Å². The third-order valence-corrected chi connectivity index (χ3v) is 7.31. The van der Waals surface area contributed by atoms with Crippen molar-refractivity contribution in [1.82, 2.24) is 0 Å². The predicted molar refractivity (Wildman–Crippen MR) is 143 cm³/mol. The lowest BCUT2D eigenvalue weighted by Crippen LogP contribution is -2.41. The van der Waals surface area contributed by atoms with Crippen molar-refractivity contribution in [3.8, 4) is 33.4 Å². The first-order valence-corrected chi connectivity index (χ1v) is 12.0. The van der Waals surface area contributed by atoms with Crippen molar-refractivity contribution in [2.45, 2.75) is 45.8 Å². The van der Waals surface area contributed by atoms with E-state index in [4.69, 9.17) is 9.31 Å². The van der Waals surface area contributed by atoms with Crippen molar-refractivity contribution in [3.63, 3.8) is 0 Å². The average molecular weight is 446 g/mol. The number of hydrogen-bond acceptors (Lipinski definition) is 2. The maximum atomic E-state index is 6.34. The zero-order valence-corrected chi connectivity index (χ0v) is 20.6. The Bertz CT molecular complexity index is 1290. The lowest BCUT2D eigenvalue weighted by atomic mass is 9.75. The number of hydrogen-bond donors (Lipinski definition) is 0. The normalized spacial score (nSPS) is 16.6. The minimum Gasteiger partial charge on any atom is -0.399 e. The Hall–Kier alpha value is -3.14. The smallest absolute Gasteiger partial charge is 0.399 e. The van der Waals surface area contributed by atoms with E-state index >= 15 is 0 Å². The molecule has 0 bridgehead atoms. The van der Waals surface area contributed by atoms with E-state index < -0.39 is 0 Å². The first-order chi connectivity index (χ1) is 16.2. The van der Waals surface area contributed by atoms with Gasteiger partial charge >= 0.3 is 7.12 Å². The Morgan fingerprint density at radius 2 is 0.941 bits per heavy atom. The molecular weight excluding hydrogens is 415 g/mol. The van der Waals surface area contributed by atoms with Crippen molar-refractivity contribution in [2.24, 2.45) is 0 Å². The van der Waals surface area contributed by atoms with Crippen LogP contribution in [0.5, 0.6) is 0 Å². The van der Waals surface area contributed by atoms with Gasteiger partial charge in [0.15, 0.2) is 0 Å². The van der Waals surface area contributed by atoms with Crippen molar-refractivity contribution in [2.75, 3.05) is 0 Å². The fraction of sp³-hybridized carbons (Fsp3) is 0.226. The van der Waals surface area contributed by atoms with Crippen LogP contribution < -0.4 is 5.46 Å². The molecule has 1 aliphatic rings. The molecule has 0 radical (unpaired) electrons. The molecule has 0 spiro atoms. The Kier molecular flexibility index (Phi) is 5.71. The zero-order valence-electron chi connectivity index (χ0n) is 20.6. The molecule has 4 aromatic rings. The maximum absolute atomic E-state index is 6.34. The number of rotatable bonds is 4. The molecule has 1 fully saturated rings. The molecule has 0 N–H and O–H groups in total. The molecule has 1 aliphatic heterocycles. The molecule has 5 rings (SSSR count). The highest BCUT2D eigenvalue weighted by Gasteiger charge is 2.52. The van der Waals surface area contributed by atoms with Crippen LogP contribution in [0.3, 0.4) is 0 Å². The summed E-state index contributed by atoms with van der Waals surface area (Å²) in [6, 6.07) is 34.6. The fourth-order valence-electron chi connectivity index (χ4n) is 4.41. The van der Waals surface area contributed by atoms with Gasteiger partial charge in [0, 0.05) is 0 Å². The van der Waals surface area contributed by atoms with Crippen LogP contribution in [0.25, 0.3) is 33.4 Å². The van der Waals surface area contributed by atoms with E-state index in [2.05, 4.69) is 126 Å². The Balaban J connectivity index is 1.45. The van der Waals surface area contributed by atoms with E-state index in [1.54, 1.807) is 0 Å². The van der Waals surface area contributed by atoms with Gasteiger partial charge in [-0.25, -0.2) is 0 Å². The SMILES string of the molecule is Cc1ccc(-c2cccc(-c3ccc(-c4ccccc4)cc3)c2)cc1B1OC(C)(C)C(C)(C)O1. The standard InChI is InChI=1S/C31H31BO2/c1-22-14-15-28(21-29(22)32-33-30(2,3)31(4,5)34-32)27-13-9-12-26(20-27)25-18-16-24(17-19-25)23-10-7-6-8-11-23/h6-21H,1-5H3. The van der Waals surface area contributed by atoms with Gasteiger partial charge in [0.1, 0.15) is 0 Å². The molecule has 0 atom stereocenters. The summed E-state index contributed by atoms with van der Waals surface area (Å²) in [5.41, 5.74) is 8.78. The van der Waals surface area contributed by atoms with Crippen LogP contribution in [-0.4, -0.2) is 18.3 Å². The van der Waals surface area contributed by atoms with Crippen LogP contribution in [-0.2, 0) is 9.31 Å². The van der Waals surface area contributed by atoms with Crippen LogP contribution in [0.1, 0.15) is 33.3 Å². The minimum atomic E-state index is -0.362. The topological polar surface area (TPSA) is 18.5 Å². The molecule has 0 aliphatic carbocycles. The first-order valence-electron chi connectivity index (χ1n) is 12.0. The van der Waals surface area contributed by atoms with Crippen LogP contribution in [0.4, 0.5) is 0 Å². The van der Waals surface area contributed by atoms with Crippen LogP contribution in [0.2, 0.25) is 0 Å². The molecule has 1 heterocycles. The monoisotopic (exact) mass is 446 g/mol. The second-order valence-corrected chi connectivity index (χ2v) is 10.2. The van der Waals surface area contributed by atoms with Gasteiger partial charge in [-0.1, -0.05) is 96.6 Å². The van der Waals surface area contributed by atoms with Crippen molar-refractivity contribution < 1.29 is 9.31 Å². The van der Waals surface area contributed by atoms with E-state index in [1.807, 2.05) is 6.07 Å². The minimum absolute atomic E-state index is 0.355. The molecule has 0 saturated carbocycles. The summed E-state index contributed by atoms with van der Waals surface area (Å²) in [5, 5.41) is 0. The number of aryl methyl sites for hydroxylation is 1. The first kappa shape index (κ1) is 22.6. The lowest BCUT2D eigenvalue weighted by molar-refractivity contribution is 0.00578.